The van der Waals surface area contributed by atoms with Gasteiger partial charge in [-0.05, 0) is 79.5 Å². The Morgan fingerprint density at radius 3 is 2.78 bits per heavy atom. The Labute approximate surface area is 139 Å². The van der Waals surface area contributed by atoms with Gasteiger partial charge in [0.2, 0.25) is 0 Å². The summed E-state index contributed by atoms with van der Waals surface area (Å²) in [7, 11) is 4.08. The van der Waals surface area contributed by atoms with E-state index in [1.54, 1.807) is 0 Å². The van der Waals surface area contributed by atoms with Crippen LogP contribution in [-0.2, 0) is 6.42 Å². The van der Waals surface area contributed by atoms with E-state index in [2.05, 4.69) is 13.0 Å². The van der Waals surface area contributed by atoms with Crippen LogP contribution in [0.15, 0.2) is 23.3 Å². The molecule has 2 saturated carbocycles. The molecule has 1 aromatic carbocycles. The van der Waals surface area contributed by atoms with Crippen LogP contribution in [0, 0.1) is 17.3 Å². The molecule has 3 heteroatoms. The summed E-state index contributed by atoms with van der Waals surface area (Å²) in [5.74, 6) is 2.68. The SMILES string of the molecule is CN(C)N=C1CCC2C3CCc4cc(O)ccc4C3CCC12C. The average Bonchev–Trinajstić information content (AvgIpc) is 2.83. The van der Waals surface area contributed by atoms with Crippen molar-refractivity contribution in [1.82, 2.24) is 5.01 Å². The second-order valence-electron chi connectivity index (χ2n) is 8.19. The number of rotatable bonds is 1. The lowest BCUT2D eigenvalue weighted by atomic mass is 9.55. The highest BCUT2D eigenvalue weighted by molar-refractivity contribution is 5.92. The number of benzene rings is 1. The fourth-order valence-corrected chi connectivity index (χ4v) is 5.76. The predicted molar refractivity (Wildman–Crippen MR) is 93.8 cm³/mol. The molecular weight excluding hydrogens is 284 g/mol. The van der Waals surface area contributed by atoms with Crippen molar-refractivity contribution in [2.45, 2.75) is 51.4 Å². The maximum absolute atomic E-state index is 9.77. The molecule has 4 atom stereocenters. The third-order valence-electron chi connectivity index (χ3n) is 6.77. The number of phenolic OH excluding ortho intramolecular Hbond substituents is 1. The molecule has 0 aromatic heterocycles. The smallest absolute Gasteiger partial charge is 0.115 e. The van der Waals surface area contributed by atoms with E-state index < -0.39 is 0 Å². The molecule has 0 aliphatic heterocycles. The Hall–Kier alpha value is -1.51. The van der Waals surface area contributed by atoms with Crippen LogP contribution >= 0.6 is 0 Å². The zero-order chi connectivity index (χ0) is 16.2. The second-order valence-corrected chi connectivity index (χ2v) is 8.19. The number of fused-ring (bicyclic) bond motifs is 5. The minimum absolute atomic E-state index is 0.305. The van der Waals surface area contributed by atoms with Crippen molar-refractivity contribution in [2.75, 3.05) is 14.1 Å². The Bertz CT molecular complexity index is 651. The monoisotopic (exact) mass is 312 g/mol. The van der Waals surface area contributed by atoms with Gasteiger partial charge in [0, 0.05) is 25.2 Å². The van der Waals surface area contributed by atoms with E-state index in [0.717, 1.165) is 18.3 Å². The molecule has 0 amide bonds. The summed E-state index contributed by atoms with van der Waals surface area (Å²) in [4.78, 5) is 0. The third-order valence-corrected chi connectivity index (χ3v) is 6.77. The van der Waals surface area contributed by atoms with Crippen LogP contribution in [0.1, 0.15) is 56.1 Å². The van der Waals surface area contributed by atoms with E-state index in [1.807, 2.05) is 31.2 Å². The molecule has 3 aliphatic carbocycles. The van der Waals surface area contributed by atoms with Gasteiger partial charge in [-0.3, -0.25) is 0 Å². The zero-order valence-corrected chi connectivity index (χ0v) is 14.5. The van der Waals surface area contributed by atoms with Gasteiger partial charge in [-0.2, -0.15) is 5.10 Å². The predicted octanol–water partition coefficient (Wildman–Crippen LogP) is 4.17. The normalized spacial score (nSPS) is 37.2. The van der Waals surface area contributed by atoms with Crippen molar-refractivity contribution < 1.29 is 5.11 Å². The van der Waals surface area contributed by atoms with Crippen LogP contribution in [0.3, 0.4) is 0 Å². The molecule has 124 valence electrons. The molecule has 0 heterocycles. The zero-order valence-electron chi connectivity index (χ0n) is 14.5. The van der Waals surface area contributed by atoms with Crippen molar-refractivity contribution in [3.05, 3.63) is 29.3 Å². The molecule has 0 saturated heterocycles. The molecule has 3 nitrogen and oxygen atoms in total. The lowest BCUT2D eigenvalue weighted by molar-refractivity contribution is 0.0948. The van der Waals surface area contributed by atoms with E-state index in [4.69, 9.17) is 5.10 Å². The van der Waals surface area contributed by atoms with E-state index in [-0.39, 0.29) is 0 Å². The van der Waals surface area contributed by atoms with Crippen LogP contribution in [0.4, 0.5) is 0 Å². The maximum atomic E-state index is 9.77. The molecular formula is C20H28N2O. The molecule has 23 heavy (non-hydrogen) atoms. The molecule has 1 aromatic rings. The summed E-state index contributed by atoms with van der Waals surface area (Å²) in [5.41, 5.74) is 4.64. The lowest BCUT2D eigenvalue weighted by Crippen LogP contribution is -2.42. The molecule has 4 rings (SSSR count). The molecule has 0 spiro atoms. The first-order valence-electron chi connectivity index (χ1n) is 9.06. The largest absolute Gasteiger partial charge is 0.508 e. The maximum Gasteiger partial charge on any atom is 0.115 e. The summed E-state index contributed by atoms with van der Waals surface area (Å²) in [6.07, 6.45) is 7.39. The molecule has 1 N–H and O–H groups in total. The van der Waals surface area contributed by atoms with Gasteiger partial charge in [-0.1, -0.05) is 13.0 Å². The Kier molecular flexibility index (Phi) is 3.44. The van der Waals surface area contributed by atoms with Crippen LogP contribution in [0.5, 0.6) is 5.75 Å². The fraction of sp³-hybridized carbons (Fsp3) is 0.650. The quantitative estimate of drug-likeness (QED) is 0.790. The van der Waals surface area contributed by atoms with Crippen molar-refractivity contribution in [3.63, 3.8) is 0 Å². The number of nitrogens with zero attached hydrogens (tertiary/aromatic N) is 2. The number of aryl methyl sites for hydroxylation is 1. The number of hydrogen-bond donors (Lipinski definition) is 1. The van der Waals surface area contributed by atoms with Crippen LogP contribution in [0.2, 0.25) is 0 Å². The molecule has 2 fully saturated rings. The summed E-state index contributed by atoms with van der Waals surface area (Å²) >= 11 is 0. The van der Waals surface area contributed by atoms with Gasteiger partial charge in [-0.25, -0.2) is 0 Å². The van der Waals surface area contributed by atoms with Gasteiger partial charge >= 0.3 is 0 Å². The van der Waals surface area contributed by atoms with E-state index in [1.165, 1.54) is 48.9 Å². The summed E-state index contributed by atoms with van der Waals surface area (Å²) < 4.78 is 0. The van der Waals surface area contributed by atoms with E-state index in [0.29, 0.717) is 17.1 Å². The average molecular weight is 312 g/mol. The summed E-state index contributed by atoms with van der Waals surface area (Å²) in [6, 6.07) is 6.06. The highest BCUT2D eigenvalue weighted by atomic mass is 16.3. The van der Waals surface area contributed by atoms with Gasteiger partial charge in [0.05, 0.1) is 0 Å². The minimum Gasteiger partial charge on any atom is -0.508 e. The fourth-order valence-electron chi connectivity index (χ4n) is 5.76. The van der Waals surface area contributed by atoms with Crippen molar-refractivity contribution >= 4 is 5.71 Å². The number of phenols is 1. The molecule has 0 radical (unpaired) electrons. The van der Waals surface area contributed by atoms with Gasteiger partial charge in [0.15, 0.2) is 0 Å². The van der Waals surface area contributed by atoms with E-state index >= 15 is 0 Å². The first-order valence-corrected chi connectivity index (χ1v) is 9.06. The Balaban J connectivity index is 1.67. The first kappa shape index (κ1) is 15.0. The third kappa shape index (κ3) is 2.28. The molecule has 0 bridgehead atoms. The number of hydrogen-bond acceptors (Lipinski definition) is 3. The first-order chi connectivity index (χ1) is 11.0. The van der Waals surface area contributed by atoms with E-state index in [9.17, 15) is 5.11 Å². The highest BCUT2D eigenvalue weighted by Crippen LogP contribution is 2.59. The topological polar surface area (TPSA) is 35.8 Å². The number of aromatic hydroxyl groups is 1. The van der Waals surface area contributed by atoms with Crippen molar-refractivity contribution in [2.24, 2.45) is 22.4 Å². The Morgan fingerprint density at radius 2 is 2.00 bits per heavy atom. The summed E-state index contributed by atoms with van der Waals surface area (Å²) in [5, 5.41) is 16.6. The second kappa shape index (κ2) is 5.25. The van der Waals surface area contributed by atoms with Crippen LogP contribution in [0.25, 0.3) is 0 Å². The van der Waals surface area contributed by atoms with Crippen molar-refractivity contribution in [1.29, 1.82) is 0 Å². The van der Waals surface area contributed by atoms with Gasteiger partial charge in [0.25, 0.3) is 0 Å². The lowest BCUT2D eigenvalue weighted by Gasteiger charge is -2.49. The Morgan fingerprint density at radius 1 is 1.17 bits per heavy atom. The van der Waals surface area contributed by atoms with Gasteiger partial charge < -0.3 is 10.1 Å². The number of hydrazone groups is 1. The van der Waals surface area contributed by atoms with Crippen LogP contribution < -0.4 is 0 Å². The molecule has 4 unspecified atom stereocenters. The van der Waals surface area contributed by atoms with Gasteiger partial charge in [-0.15, -0.1) is 0 Å². The highest BCUT2D eigenvalue weighted by Gasteiger charge is 2.53. The standard InChI is InChI=1S/C20H28N2O/c1-20-11-10-16-15-7-5-14(23)12-13(15)4-6-17(16)18(20)8-9-19(20)21-22(2)3/h5,7,12,16-18,23H,4,6,8-11H2,1-3H3. The van der Waals surface area contributed by atoms with Crippen molar-refractivity contribution in [3.8, 4) is 5.75 Å². The van der Waals surface area contributed by atoms with Crippen LogP contribution in [-0.4, -0.2) is 29.9 Å². The summed E-state index contributed by atoms with van der Waals surface area (Å²) in [6.45, 7) is 2.47. The molecule has 3 aliphatic rings. The van der Waals surface area contributed by atoms with Gasteiger partial charge in [0.1, 0.15) is 5.75 Å². The minimum atomic E-state index is 0.305.